The van der Waals surface area contributed by atoms with E-state index >= 15 is 0 Å². The highest BCUT2D eigenvalue weighted by molar-refractivity contribution is 14.3. The highest BCUT2D eigenvalue weighted by Crippen LogP contribution is 2.39. The van der Waals surface area contributed by atoms with Gasteiger partial charge in [-0.2, -0.15) is 0 Å². The van der Waals surface area contributed by atoms with Gasteiger partial charge in [0.05, 0.1) is 27.2 Å². The molecule has 0 saturated heterocycles. The third-order valence-corrected chi connectivity index (χ3v) is 3.62. The molecule has 0 atom stereocenters. The van der Waals surface area contributed by atoms with Crippen LogP contribution >= 0.6 is 67.8 Å². The molecule has 7 heteroatoms. The smallest absolute Gasteiger partial charge is 0.183 e. The summed E-state index contributed by atoms with van der Waals surface area (Å²) in [5.41, 5.74) is 1.10. The summed E-state index contributed by atoms with van der Waals surface area (Å²) in [5.74, 6) is 1.75. The zero-order chi connectivity index (χ0) is 15.2. The molecular formula is C13H16I3NO3. The van der Waals surface area contributed by atoms with Gasteiger partial charge >= 0.3 is 0 Å². The van der Waals surface area contributed by atoms with Crippen LogP contribution in [0.1, 0.15) is 12.0 Å². The second-order valence-corrected chi connectivity index (χ2v) is 15.7. The maximum atomic E-state index is 7.77. The predicted octanol–water partition coefficient (Wildman–Crippen LogP) is 4.59. The fourth-order valence-electron chi connectivity index (χ4n) is 1.56. The number of hydrogen-bond donors (Lipinski definition) is 1. The Bertz CT molecular complexity index is 461. The van der Waals surface area contributed by atoms with Gasteiger partial charge in [0.1, 0.15) is -0.565 Å². The lowest BCUT2D eigenvalue weighted by molar-refractivity contribution is 0.298. The third kappa shape index (κ3) is 6.96. The van der Waals surface area contributed by atoms with Crippen LogP contribution in [0.5, 0.6) is 11.5 Å². The van der Waals surface area contributed by atoms with Gasteiger partial charge in [0, 0.05) is 6.42 Å². The molecular weight excluding hydrogens is 599 g/mol. The Morgan fingerprint density at radius 3 is 2.35 bits per heavy atom. The van der Waals surface area contributed by atoms with E-state index < -0.39 is 0 Å². The van der Waals surface area contributed by atoms with E-state index in [1.54, 1.807) is 14.2 Å². The van der Waals surface area contributed by atoms with Crippen LogP contribution < -0.4 is 9.47 Å². The van der Waals surface area contributed by atoms with Gasteiger partial charge in [-0.1, -0.05) is 73.8 Å². The fourth-order valence-corrected chi connectivity index (χ4v) is 2.60. The van der Waals surface area contributed by atoms with Crippen molar-refractivity contribution in [2.75, 3.05) is 20.8 Å². The molecule has 0 radical (unpaired) electrons. The zero-order valence-corrected chi connectivity index (χ0v) is 17.7. The summed E-state index contributed by atoms with van der Waals surface area (Å²) in [6, 6.07) is 5.80. The number of halogens is 3. The highest BCUT2D eigenvalue weighted by atomic mass is 127. The van der Waals surface area contributed by atoms with Crippen molar-refractivity contribution in [1.82, 2.24) is 0 Å². The van der Waals surface area contributed by atoms with Crippen molar-refractivity contribution in [1.29, 1.82) is 5.41 Å². The van der Waals surface area contributed by atoms with Crippen LogP contribution in [-0.2, 0) is 11.2 Å². The number of alkyl halides is 3. The van der Waals surface area contributed by atoms with Gasteiger partial charge in [0.25, 0.3) is 0 Å². The molecule has 0 heterocycles. The highest BCUT2D eigenvalue weighted by Gasteiger charge is 2.20. The maximum Gasteiger partial charge on any atom is 0.183 e. The molecule has 4 nitrogen and oxygen atoms in total. The first kappa shape index (κ1) is 18.5. The number of hydrogen-bond acceptors (Lipinski definition) is 4. The van der Waals surface area contributed by atoms with Crippen LogP contribution in [-0.4, -0.2) is 26.2 Å². The Balaban J connectivity index is 2.48. The minimum absolute atomic E-state index is 0.00625. The standard InChI is InChI=1S/C13H16I3NO3/c1-18-10-4-3-9(7-11(10)19-2)5-6-20-12(17)8-13(14,15)16/h3-4,7,17H,5-6,8H2,1-2H3. The Morgan fingerprint density at radius 2 is 1.80 bits per heavy atom. The predicted molar refractivity (Wildman–Crippen MR) is 106 cm³/mol. The Kier molecular flexibility index (Phi) is 8.16. The van der Waals surface area contributed by atoms with Gasteiger partial charge in [-0.3, -0.25) is 5.41 Å². The quantitative estimate of drug-likeness (QED) is 0.212. The molecule has 112 valence electrons. The maximum absolute atomic E-state index is 7.77. The van der Waals surface area contributed by atoms with Gasteiger partial charge in [-0.25, -0.2) is 0 Å². The lowest BCUT2D eigenvalue weighted by Crippen LogP contribution is -2.13. The molecule has 0 fully saturated rings. The minimum Gasteiger partial charge on any atom is -0.493 e. The largest absolute Gasteiger partial charge is 0.493 e. The van der Waals surface area contributed by atoms with Crippen LogP contribution in [0.4, 0.5) is 0 Å². The Morgan fingerprint density at radius 1 is 1.15 bits per heavy atom. The monoisotopic (exact) mass is 615 g/mol. The van der Waals surface area contributed by atoms with E-state index in [0.717, 1.165) is 17.7 Å². The van der Waals surface area contributed by atoms with Crippen LogP contribution in [0.2, 0.25) is 0 Å². The van der Waals surface area contributed by atoms with E-state index in [2.05, 4.69) is 67.8 Å². The summed E-state index contributed by atoms with van der Waals surface area (Å²) in [6.07, 6.45) is 1.35. The van der Waals surface area contributed by atoms with Crippen molar-refractivity contribution in [3.63, 3.8) is 0 Å². The summed E-state index contributed by atoms with van der Waals surface area (Å²) in [6.45, 7) is 0.494. The van der Waals surface area contributed by atoms with Crippen LogP contribution in [0.3, 0.4) is 0 Å². The number of nitrogens with one attached hydrogen (secondary N) is 1. The van der Waals surface area contributed by atoms with Crippen molar-refractivity contribution in [2.24, 2.45) is 0 Å². The molecule has 1 N–H and O–H groups in total. The summed E-state index contributed by atoms with van der Waals surface area (Å²) in [4.78, 5) is 0. The van der Waals surface area contributed by atoms with Crippen molar-refractivity contribution >= 4 is 73.7 Å². The minimum atomic E-state index is -0.00625. The second kappa shape index (κ2) is 8.81. The lowest BCUT2D eigenvalue weighted by Gasteiger charge is -2.14. The summed E-state index contributed by atoms with van der Waals surface area (Å²) in [7, 11) is 3.24. The van der Waals surface area contributed by atoms with Crippen LogP contribution in [0.25, 0.3) is 0 Å². The first-order valence-corrected chi connectivity index (χ1v) is 9.07. The van der Waals surface area contributed by atoms with Crippen molar-refractivity contribution in [3.8, 4) is 11.5 Å². The molecule has 1 aromatic carbocycles. The van der Waals surface area contributed by atoms with Gasteiger partial charge < -0.3 is 14.2 Å². The molecule has 0 saturated carbocycles. The van der Waals surface area contributed by atoms with E-state index in [-0.39, 0.29) is -0.565 Å². The Hall–Kier alpha value is 0.480. The first-order valence-electron chi connectivity index (χ1n) is 5.83. The topological polar surface area (TPSA) is 51.5 Å². The molecule has 1 aromatic rings. The second-order valence-electron chi connectivity index (χ2n) is 4.00. The molecule has 0 unspecified atom stereocenters. The van der Waals surface area contributed by atoms with Gasteiger partial charge in [0.15, 0.2) is 17.4 Å². The van der Waals surface area contributed by atoms with Crippen molar-refractivity contribution < 1.29 is 14.2 Å². The lowest BCUT2D eigenvalue weighted by atomic mass is 10.1. The molecule has 0 spiro atoms. The van der Waals surface area contributed by atoms with Gasteiger partial charge in [-0.05, 0) is 17.7 Å². The van der Waals surface area contributed by atoms with E-state index in [0.29, 0.717) is 24.7 Å². The normalized spacial score (nSPS) is 11.1. The summed E-state index contributed by atoms with van der Waals surface area (Å²) >= 11 is 6.88. The van der Waals surface area contributed by atoms with Crippen molar-refractivity contribution in [2.45, 2.75) is 12.3 Å². The van der Waals surface area contributed by atoms with Gasteiger partial charge in [0.2, 0.25) is 0 Å². The number of rotatable bonds is 7. The number of benzene rings is 1. The SMILES string of the molecule is COc1ccc(CCOC(=N)CC(I)(I)I)cc1OC. The number of methoxy groups -OCH3 is 2. The fraction of sp³-hybridized carbons (Fsp3) is 0.462. The van der Waals surface area contributed by atoms with E-state index in [4.69, 9.17) is 19.6 Å². The number of ether oxygens (including phenoxy) is 3. The van der Waals surface area contributed by atoms with Crippen LogP contribution in [0, 0.1) is 5.41 Å². The molecule has 0 aliphatic heterocycles. The van der Waals surface area contributed by atoms with E-state index in [1.165, 1.54) is 0 Å². The van der Waals surface area contributed by atoms with E-state index in [9.17, 15) is 0 Å². The average Bonchev–Trinajstić information content (AvgIpc) is 2.36. The third-order valence-electron chi connectivity index (χ3n) is 2.48. The summed E-state index contributed by atoms with van der Waals surface area (Å²) in [5, 5.41) is 7.77. The molecule has 0 aliphatic carbocycles. The molecule has 0 amide bonds. The van der Waals surface area contributed by atoms with Crippen molar-refractivity contribution in [3.05, 3.63) is 23.8 Å². The molecule has 20 heavy (non-hydrogen) atoms. The molecule has 1 rings (SSSR count). The van der Waals surface area contributed by atoms with Gasteiger partial charge in [-0.15, -0.1) is 0 Å². The zero-order valence-electron chi connectivity index (χ0n) is 11.2. The molecule has 0 aliphatic rings. The Labute approximate surface area is 160 Å². The van der Waals surface area contributed by atoms with E-state index in [1.807, 2.05) is 18.2 Å². The average molecular weight is 615 g/mol. The molecule has 0 bridgehead atoms. The summed E-state index contributed by atoms with van der Waals surface area (Å²) < 4.78 is 15.9. The first-order chi connectivity index (χ1) is 9.35. The van der Waals surface area contributed by atoms with Crippen LogP contribution in [0.15, 0.2) is 18.2 Å². The molecule has 0 aromatic heterocycles.